The Morgan fingerprint density at radius 2 is 1.56 bits per heavy atom. The van der Waals surface area contributed by atoms with Crippen molar-refractivity contribution < 1.29 is 19.8 Å². The molecule has 1 aliphatic heterocycles. The first-order chi connectivity index (χ1) is 20.5. The molecule has 0 spiro atoms. The first-order valence-electron chi connectivity index (χ1n) is 14.3. The molecule has 1 aliphatic rings. The lowest BCUT2D eigenvalue weighted by molar-refractivity contribution is -0.307. The summed E-state index contributed by atoms with van der Waals surface area (Å²) in [4.78, 5) is 38.1. The lowest BCUT2D eigenvalue weighted by atomic mass is 9.95. The predicted molar refractivity (Wildman–Crippen MR) is 169 cm³/mol. The maximum absolute atomic E-state index is 11.4. The van der Waals surface area contributed by atoms with Gasteiger partial charge >= 0.3 is 0 Å². The van der Waals surface area contributed by atoms with E-state index in [1.165, 1.54) is 0 Å². The maximum atomic E-state index is 11.4. The molecule has 0 aliphatic carbocycles. The number of allylic oxidation sites excluding steroid dienone is 1. The van der Waals surface area contributed by atoms with Crippen LogP contribution in [0.5, 0.6) is 0 Å². The molecule has 0 saturated carbocycles. The molecule has 3 N–H and O–H groups in total. The molecule has 0 bridgehead atoms. The number of carbonyl (C=O) groups excluding carboxylic acids is 2. The van der Waals surface area contributed by atoms with Crippen LogP contribution in [0.4, 0.5) is 0 Å². The van der Waals surface area contributed by atoms with E-state index in [0.29, 0.717) is 12.1 Å². The fourth-order valence-corrected chi connectivity index (χ4v) is 5.81. The van der Waals surface area contributed by atoms with E-state index in [1.807, 2.05) is 52.1 Å². The van der Waals surface area contributed by atoms with Gasteiger partial charge in [0.25, 0.3) is 0 Å². The summed E-state index contributed by atoms with van der Waals surface area (Å²) in [6.45, 7) is 19.7. The van der Waals surface area contributed by atoms with E-state index in [-0.39, 0.29) is 31.7 Å². The molecule has 0 radical (unpaired) electrons. The number of aliphatic carboxylic acids is 2. The van der Waals surface area contributed by atoms with Crippen LogP contribution in [0.15, 0.2) is 42.1 Å². The third-order valence-corrected chi connectivity index (χ3v) is 8.44. The minimum Gasteiger partial charge on any atom is -0.550 e. The second-order valence-corrected chi connectivity index (χ2v) is 10.9. The molecule has 3 aromatic heterocycles. The number of carboxylic acids is 2. The first kappa shape index (κ1) is 31.1. The number of carbonyl (C=O) groups is 2. The molecule has 4 heterocycles. The van der Waals surface area contributed by atoms with Crippen LogP contribution in [0.2, 0.25) is 0 Å². The third-order valence-electron chi connectivity index (χ3n) is 8.44. The highest BCUT2D eigenvalue weighted by atomic mass is 16.4. The maximum Gasteiger partial charge on any atom is 0.0774 e. The normalized spacial score (nSPS) is 15.7. The number of H-pyrrole nitrogens is 3. The molecule has 8 heteroatoms. The van der Waals surface area contributed by atoms with Gasteiger partial charge in [0.15, 0.2) is 0 Å². The van der Waals surface area contributed by atoms with Crippen molar-refractivity contribution in [3.05, 3.63) is 98.2 Å². The molecule has 3 aromatic rings. The van der Waals surface area contributed by atoms with Gasteiger partial charge in [0.1, 0.15) is 0 Å². The van der Waals surface area contributed by atoms with Crippen LogP contribution in [0.25, 0.3) is 30.4 Å². The first-order valence-corrected chi connectivity index (χ1v) is 14.3. The average Bonchev–Trinajstić information content (AvgIpc) is 3.65. The summed E-state index contributed by atoms with van der Waals surface area (Å²) in [7, 11) is 0. The van der Waals surface area contributed by atoms with E-state index in [4.69, 9.17) is 4.99 Å². The number of aromatic amines is 3. The van der Waals surface area contributed by atoms with Crippen molar-refractivity contribution in [2.24, 2.45) is 4.99 Å². The van der Waals surface area contributed by atoms with Crippen LogP contribution in [-0.4, -0.2) is 38.6 Å². The Hall–Kier alpha value is -4.85. The van der Waals surface area contributed by atoms with Gasteiger partial charge < -0.3 is 34.8 Å². The number of aromatic nitrogens is 3. The zero-order valence-corrected chi connectivity index (χ0v) is 25.3. The van der Waals surface area contributed by atoms with Crippen LogP contribution < -0.4 is 20.9 Å². The third kappa shape index (κ3) is 6.48. The fourth-order valence-electron chi connectivity index (χ4n) is 5.81. The molecular weight excluding hydrogens is 540 g/mol. The van der Waals surface area contributed by atoms with Crippen molar-refractivity contribution in [3.63, 3.8) is 0 Å². The van der Waals surface area contributed by atoms with Crippen molar-refractivity contribution >= 4 is 48.0 Å². The number of carboxylic acid groups (broad SMARTS) is 2. The zero-order chi connectivity index (χ0) is 31.4. The number of aliphatic imine (C=N–C) groups is 1. The Morgan fingerprint density at radius 1 is 0.860 bits per heavy atom. The molecular formula is C35H38N4O4-2. The van der Waals surface area contributed by atoms with Gasteiger partial charge in [-0.05, 0) is 111 Å². The SMILES string of the molecule is C=Cc1c[nH]c(CC2N=C(/C=c3/[nH]/c(=C/c4[nH]c(C=C)c(C)c4C=C)c(C)c3CCC(=O)[O-])C(CCC(=O)[O-])=C2C)c1C. The highest BCUT2D eigenvalue weighted by molar-refractivity contribution is 6.22. The van der Waals surface area contributed by atoms with E-state index in [1.54, 1.807) is 12.2 Å². The largest absolute Gasteiger partial charge is 0.550 e. The summed E-state index contributed by atoms with van der Waals surface area (Å²) in [6, 6.07) is -0.179. The molecule has 0 aromatic carbocycles. The number of hydrogen-bond donors (Lipinski definition) is 3. The zero-order valence-electron chi connectivity index (χ0n) is 25.3. The minimum absolute atomic E-state index is 0.128. The van der Waals surface area contributed by atoms with Crippen molar-refractivity contribution in [1.82, 2.24) is 15.0 Å². The molecule has 0 fully saturated rings. The Kier molecular flexibility index (Phi) is 9.39. The molecule has 4 rings (SSSR count). The Bertz CT molecular complexity index is 1810. The van der Waals surface area contributed by atoms with Gasteiger partial charge in [-0.3, -0.25) is 4.99 Å². The summed E-state index contributed by atoms with van der Waals surface area (Å²) in [5.74, 6) is -2.26. The number of nitrogens with zero attached hydrogens (tertiary/aromatic N) is 1. The molecule has 0 amide bonds. The van der Waals surface area contributed by atoms with Gasteiger partial charge in [0.05, 0.1) is 11.8 Å². The van der Waals surface area contributed by atoms with E-state index in [9.17, 15) is 19.8 Å². The second kappa shape index (κ2) is 13.0. The van der Waals surface area contributed by atoms with Crippen LogP contribution >= 0.6 is 0 Å². The number of nitrogens with one attached hydrogen (secondary N) is 3. The van der Waals surface area contributed by atoms with Crippen molar-refractivity contribution in [1.29, 1.82) is 0 Å². The van der Waals surface area contributed by atoms with E-state index < -0.39 is 11.9 Å². The second-order valence-electron chi connectivity index (χ2n) is 10.9. The number of hydrogen-bond acceptors (Lipinski definition) is 5. The van der Waals surface area contributed by atoms with E-state index in [2.05, 4.69) is 34.7 Å². The summed E-state index contributed by atoms with van der Waals surface area (Å²) in [5.41, 5.74) is 11.2. The van der Waals surface area contributed by atoms with Gasteiger partial charge in [0, 0.05) is 57.9 Å². The smallest absolute Gasteiger partial charge is 0.0774 e. The summed E-state index contributed by atoms with van der Waals surface area (Å²) < 4.78 is 0. The van der Waals surface area contributed by atoms with Crippen LogP contribution in [-0.2, 0) is 22.4 Å². The van der Waals surface area contributed by atoms with Crippen LogP contribution in [0.1, 0.15) is 76.6 Å². The van der Waals surface area contributed by atoms with Gasteiger partial charge in [-0.15, -0.1) is 0 Å². The molecule has 0 saturated heterocycles. The Morgan fingerprint density at radius 3 is 2.16 bits per heavy atom. The molecule has 1 atom stereocenters. The average molecular weight is 579 g/mol. The predicted octanol–water partition coefficient (Wildman–Crippen LogP) is 2.73. The van der Waals surface area contributed by atoms with Gasteiger partial charge in [-0.2, -0.15) is 0 Å². The molecule has 8 nitrogen and oxygen atoms in total. The molecule has 224 valence electrons. The monoisotopic (exact) mass is 578 g/mol. The number of rotatable bonds is 13. The van der Waals surface area contributed by atoms with Gasteiger partial charge in [-0.1, -0.05) is 31.9 Å². The topological polar surface area (TPSA) is 140 Å². The Balaban J connectivity index is 1.87. The van der Waals surface area contributed by atoms with Crippen LogP contribution in [0, 0.1) is 20.8 Å². The van der Waals surface area contributed by atoms with Gasteiger partial charge in [0.2, 0.25) is 0 Å². The minimum atomic E-state index is -1.13. The molecule has 43 heavy (non-hydrogen) atoms. The van der Waals surface area contributed by atoms with Crippen molar-refractivity contribution in [2.75, 3.05) is 0 Å². The lowest BCUT2D eigenvalue weighted by Gasteiger charge is -2.11. The quantitative estimate of drug-likeness (QED) is 0.287. The van der Waals surface area contributed by atoms with E-state index >= 15 is 0 Å². The van der Waals surface area contributed by atoms with Gasteiger partial charge in [-0.25, -0.2) is 0 Å². The van der Waals surface area contributed by atoms with Crippen molar-refractivity contribution in [3.8, 4) is 0 Å². The molecule has 1 unspecified atom stereocenters. The standard InChI is InChI=1S/C35H40N4O4/c1-8-23-18-36-28(19(23)4)15-29-21(6)25(11-13-34(40)41)32(38-29)17-33-26(12-14-35(42)43)22(7)30(39-33)16-31-24(9-2)20(5)27(10-3)37-31/h8-10,16-18,29,36-37,39H,1-3,11-15H2,4-7H3,(H,40,41)(H,42,43)/p-2/b30-16+,33-17+. The summed E-state index contributed by atoms with van der Waals surface area (Å²) >= 11 is 0. The van der Waals surface area contributed by atoms with Crippen LogP contribution in [0.3, 0.4) is 0 Å². The fraction of sp³-hybridized carbons (Fsp3) is 0.286. The van der Waals surface area contributed by atoms with E-state index in [0.717, 1.165) is 72.3 Å². The summed E-state index contributed by atoms with van der Waals surface area (Å²) in [6.07, 6.45) is 12.1. The lowest BCUT2D eigenvalue weighted by Crippen LogP contribution is -2.24. The Labute approximate surface area is 251 Å². The van der Waals surface area contributed by atoms with Crippen molar-refractivity contribution in [2.45, 2.75) is 65.8 Å². The summed E-state index contributed by atoms with van der Waals surface area (Å²) in [5, 5.41) is 24.4. The highest BCUT2D eigenvalue weighted by Crippen LogP contribution is 2.29. The highest BCUT2D eigenvalue weighted by Gasteiger charge is 2.25.